The minimum atomic E-state index is -1.64. The maximum atomic E-state index is 12.9. The number of hydrogen-bond acceptors (Lipinski definition) is 8. The molecule has 9 nitrogen and oxygen atoms in total. The van der Waals surface area contributed by atoms with Crippen LogP contribution >= 0.6 is 0 Å². The largest absolute Gasteiger partial charge is 0.545 e. The highest BCUT2D eigenvalue weighted by atomic mass is 16.7. The van der Waals surface area contributed by atoms with Crippen molar-refractivity contribution >= 4 is 17.9 Å². The van der Waals surface area contributed by atoms with Crippen LogP contribution in [-0.4, -0.2) is 82.3 Å². The Labute approximate surface area is 572 Å². The number of hydrogen-bond donors (Lipinski definition) is 0. The third kappa shape index (κ3) is 74.4. The van der Waals surface area contributed by atoms with Crippen molar-refractivity contribution in [1.82, 2.24) is 0 Å². The van der Waals surface area contributed by atoms with Crippen LogP contribution in [0.4, 0.5) is 0 Å². The van der Waals surface area contributed by atoms with Crippen molar-refractivity contribution in [2.75, 3.05) is 47.5 Å². The molecule has 0 aliphatic carbocycles. The number of nitrogens with zero attached hydrogens (tertiary/aromatic N) is 1. The molecule has 0 amide bonds. The number of allylic oxidation sites excluding steroid dienone is 24. The number of esters is 2. The summed E-state index contributed by atoms with van der Waals surface area (Å²) >= 11 is 0. The molecule has 2 atom stereocenters. The number of quaternary nitrogens is 1. The molecule has 0 fully saturated rings. The van der Waals surface area contributed by atoms with Crippen molar-refractivity contribution in [3.8, 4) is 0 Å². The lowest BCUT2D eigenvalue weighted by Crippen LogP contribution is -2.44. The van der Waals surface area contributed by atoms with Gasteiger partial charge in [-0.25, -0.2) is 0 Å². The number of unbranched alkanes of at least 4 members (excludes halogenated alkanes) is 30. The Morgan fingerprint density at radius 1 is 0.333 bits per heavy atom. The smallest absolute Gasteiger partial charge is 0.306 e. The van der Waals surface area contributed by atoms with Gasteiger partial charge in [0.25, 0.3) is 0 Å². The lowest BCUT2D eigenvalue weighted by molar-refractivity contribution is -0.870. The Hall–Kier alpha value is -4.83. The van der Waals surface area contributed by atoms with Crippen LogP contribution in [0.25, 0.3) is 0 Å². The second-order valence-corrected chi connectivity index (χ2v) is 26.2. The number of carboxylic acid groups (broad SMARTS) is 1. The van der Waals surface area contributed by atoms with Crippen LogP contribution in [0.15, 0.2) is 146 Å². The minimum Gasteiger partial charge on any atom is -0.545 e. The molecule has 9 heteroatoms. The molecule has 0 aliphatic rings. The first-order chi connectivity index (χ1) is 45.6. The topological polar surface area (TPSA) is 111 Å². The van der Waals surface area contributed by atoms with Gasteiger partial charge < -0.3 is 33.3 Å². The standard InChI is InChI=1S/C84H141NO8/c1-6-8-10-12-14-16-18-20-22-24-26-28-30-32-34-36-38-39-40-41-42-43-45-46-48-50-52-54-56-58-60-62-64-66-68-70-72-74-81(86)91-78-80(79-92-84(83(88)89)90-77-76-85(3,4)5)93-82(87)75-73-71-69-67-65-63-61-59-57-55-53-51-49-47-44-37-35-33-31-29-27-25-23-21-19-17-15-13-11-9-7-2/h9,11,15,17-18,20-21,23-24,26-27,29-30,32-33,35,44,47,51,53,57,59,63,65,80,84H,6-8,10,12-14,16,19,22,25,28,31,34,36-43,45-46,48-50,52,54-56,58,60-62,64,66-79H2,1-5H3/b11-9-,17-15-,20-18-,23-21-,26-24-,29-27-,32-30-,35-33-,47-44-,53-51-,59-57-,65-63-. The van der Waals surface area contributed by atoms with Crippen LogP contribution in [0.2, 0.25) is 0 Å². The molecular weight excluding hydrogens is 1150 g/mol. The molecule has 0 saturated carbocycles. The van der Waals surface area contributed by atoms with Gasteiger partial charge in [-0.1, -0.05) is 320 Å². The van der Waals surface area contributed by atoms with Gasteiger partial charge in [-0.05, 0) is 122 Å². The number of carbonyl (C=O) groups excluding carboxylic acids is 3. The molecule has 0 rings (SSSR count). The average molecular weight is 1290 g/mol. The zero-order valence-corrected chi connectivity index (χ0v) is 60.6. The summed E-state index contributed by atoms with van der Waals surface area (Å²) in [5.74, 6) is -2.33. The highest BCUT2D eigenvalue weighted by Crippen LogP contribution is 2.17. The lowest BCUT2D eigenvalue weighted by atomic mass is 10.0. The summed E-state index contributed by atoms with van der Waals surface area (Å²) in [6.07, 6.45) is 104. The fourth-order valence-electron chi connectivity index (χ4n) is 10.3. The Bertz CT molecular complexity index is 2040. The number of rotatable bonds is 69. The predicted octanol–water partition coefficient (Wildman–Crippen LogP) is 22.9. The van der Waals surface area contributed by atoms with Crippen LogP contribution in [-0.2, 0) is 33.3 Å². The van der Waals surface area contributed by atoms with Crippen molar-refractivity contribution in [3.05, 3.63) is 146 Å². The summed E-state index contributed by atoms with van der Waals surface area (Å²) in [5.41, 5.74) is 0. The average Bonchev–Trinajstić information content (AvgIpc) is 3.38. The summed E-state index contributed by atoms with van der Waals surface area (Å²) in [5, 5.41) is 11.8. The number of ether oxygens (including phenoxy) is 4. The van der Waals surface area contributed by atoms with E-state index in [9.17, 15) is 19.5 Å². The second kappa shape index (κ2) is 73.0. The van der Waals surface area contributed by atoms with E-state index in [0.29, 0.717) is 17.4 Å². The molecule has 0 N–H and O–H groups in total. The first-order valence-corrected chi connectivity index (χ1v) is 38.0. The van der Waals surface area contributed by atoms with E-state index in [4.69, 9.17) is 18.9 Å². The molecule has 0 bridgehead atoms. The Balaban J connectivity index is 4.13. The molecular formula is C84H141NO8. The van der Waals surface area contributed by atoms with Gasteiger partial charge in [-0.3, -0.25) is 9.59 Å². The summed E-state index contributed by atoms with van der Waals surface area (Å²) in [6, 6.07) is 0. The summed E-state index contributed by atoms with van der Waals surface area (Å²) in [6.45, 7) is 4.59. The van der Waals surface area contributed by atoms with Gasteiger partial charge in [0.05, 0.1) is 40.3 Å². The van der Waals surface area contributed by atoms with Crippen molar-refractivity contribution in [1.29, 1.82) is 0 Å². The van der Waals surface area contributed by atoms with Gasteiger partial charge in [0, 0.05) is 12.8 Å². The predicted molar refractivity (Wildman–Crippen MR) is 398 cm³/mol. The molecule has 0 aromatic rings. The normalized spacial score (nSPS) is 13.5. The van der Waals surface area contributed by atoms with E-state index < -0.39 is 24.3 Å². The van der Waals surface area contributed by atoms with E-state index in [2.05, 4.69) is 160 Å². The molecule has 0 saturated heterocycles. The molecule has 0 heterocycles. The van der Waals surface area contributed by atoms with Crippen molar-refractivity contribution in [2.45, 2.75) is 322 Å². The number of carbonyl (C=O) groups is 3. The van der Waals surface area contributed by atoms with Gasteiger partial charge in [0.1, 0.15) is 13.2 Å². The van der Waals surface area contributed by atoms with Crippen LogP contribution in [0.1, 0.15) is 309 Å². The molecule has 2 unspecified atom stereocenters. The third-order valence-electron chi connectivity index (χ3n) is 16.1. The molecule has 93 heavy (non-hydrogen) atoms. The van der Waals surface area contributed by atoms with Gasteiger partial charge in [0.15, 0.2) is 12.4 Å². The Morgan fingerprint density at radius 3 is 0.925 bits per heavy atom. The Morgan fingerprint density at radius 2 is 0.613 bits per heavy atom. The Kier molecular flexibility index (Phi) is 69.2. The van der Waals surface area contributed by atoms with Crippen LogP contribution in [0, 0.1) is 0 Å². The number of aliphatic carboxylic acids is 1. The highest BCUT2D eigenvalue weighted by Gasteiger charge is 2.22. The van der Waals surface area contributed by atoms with E-state index in [0.717, 1.165) is 109 Å². The molecule has 0 radical (unpaired) electrons. The van der Waals surface area contributed by atoms with E-state index in [-0.39, 0.29) is 38.6 Å². The zero-order valence-electron chi connectivity index (χ0n) is 60.6. The van der Waals surface area contributed by atoms with E-state index in [1.54, 1.807) is 0 Å². The first-order valence-electron chi connectivity index (χ1n) is 38.0. The fraction of sp³-hybridized carbons (Fsp3) is 0.679. The van der Waals surface area contributed by atoms with Crippen molar-refractivity contribution in [2.24, 2.45) is 0 Å². The van der Waals surface area contributed by atoms with E-state index >= 15 is 0 Å². The zero-order chi connectivity index (χ0) is 67.5. The number of likely N-dealkylation sites (N-methyl/N-ethyl adjacent to an activating group) is 1. The SMILES string of the molecule is CC/C=C\C/C=C\C/C=C\C/C=C\C/C=C\C/C=C\C/C=C\C/C=C\C/C=C\CCCCCC(=O)OC(COC(=O)CCCCCCCCCCCCCCCCCCCCCCCC/C=C\C/C=C\C/C=C\CCCCCCC)COC(OCC[N+](C)(C)C)C(=O)[O-]. The number of carboxylic acids is 1. The minimum absolute atomic E-state index is 0.134. The molecule has 0 aromatic carbocycles. The van der Waals surface area contributed by atoms with Crippen molar-refractivity contribution in [3.63, 3.8) is 0 Å². The monoisotopic (exact) mass is 1290 g/mol. The van der Waals surface area contributed by atoms with E-state index in [1.807, 2.05) is 21.1 Å². The van der Waals surface area contributed by atoms with E-state index in [1.165, 1.54) is 167 Å². The highest BCUT2D eigenvalue weighted by molar-refractivity contribution is 5.70. The molecule has 0 aromatic heterocycles. The second-order valence-electron chi connectivity index (χ2n) is 26.2. The lowest BCUT2D eigenvalue weighted by Gasteiger charge is -2.26. The summed E-state index contributed by atoms with van der Waals surface area (Å²) in [4.78, 5) is 37.5. The van der Waals surface area contributed by atoms with Gasteiger partial charge >= 0.3 is 11.9 Å². The van der Waals surface area contributed by atoms with Gasteiger partial charge in [0.2, 0.25) is 0 Å². The molecule has 530 valence electrons. The van der Waals surface area contributed by atoms with Gasteiger partial charge in [-0.15, -0.1) is 0 Å². The fourth-order valence-corrected chi connectivity index (χ4v) is 10.3. The summed E-state index contributed by atoms with van der Waals surface area (Å²) in [7, 11) is 5.92. The van der Waals surface area contributed by atoms with Gasteiger partial charge in [-0.2, -0.15) is 0 Å². The molecule has 0 spiro atoms. The summed E-state index contributed by atoms with van der Waals surface area (Å²) < 4.78 is 22.8. The van der Waals surface area contributed by atoms with Crippen LogP contribution in [0.3, 0.4) is 0 Å². The molecule has 0 aliphatic heterocycles. The third-order valence-corrected chi connectivity index (χ3v) is 16.1. The maximum absolute atomic E-state index is 12.9. The first kappa shape index (κ1) is 88.2. The van der Waals surface area contributed by atoms with Crippen LogP contribution in [0.5, 0.6) is 0 Å². The quantitative estimate of drug-likeness (QED) is 0.0195. The van der Waals surface area contributed by atoms with Crippen molar-refractivity contribution < 1.29 is 42.9 Å². The maximum Gasteiger partial charge on any atom is 0.306 e. The van der Waals surface area contributed by atoms with Crippen LogP contribution < -0.4 is 5.11 Å².